The summed E-state index contributed by atoms with van der Waals surface area (Å²) >= 11 is 7.76. The van der Waals surface area contributed by atoms with E-state index >= 15 is 0 Å². The molecule has 1 aromatic carbocycles. The van der Waals surface area contributed by atoms with Gasteiger partial charge in [-0.05, 0) is 18.9 Å². The average molecular weight is 280 g/mol. The topological polar surface area (TPSA) is 29.1 Å². The van der Waals surface area contributed by atoms with Crippen molar-refractivity contribution in [2.45, 2.75) is 31.7 Å². The third-order valence-corrected chi connectivity index (χ3v) is 5.11. The molecule has 1 fully saturated rings. The molecule has 3 rings (SSSR count). The predicted molar refractivity (Wildman–Crippen MR) is 76.6 cm³/mol. The van der Waals surface area contributed by atoms with E-state index in [9.17, 15) is 4.79 Å². The number of hydrogen-bond donors (Lipinski definition) is 1. The van der Waals surface area contributed by atoms with Gasteiger partial charge in [0.15, 0.2) is 0 Å². The van der Waals surface area contributed by atoms with Crippen molar-refractivity contribution in [3.63, 3.8) is 0 Å². The van der Waals surface area contributed by atoms with Crippen LogP contribution in [-0.4, -0.2) is 11.9 Å². The Balaban J connectivity index is 1.88. The van der Waals surface area contributed by atoms with Crippen molar-refractivity contribution in [1.82, 2.24) is 5.32 Å². The van der Waals surface area contributed by atoms with Crippen LogP contribution in [0.5, 0.6) is 0 Å². The quantitative estimate of drug-likeness (QED) is 0.876. The van der Waals surface area contributed by atoms with Crippen molar-refractivity contribution < 1.29 is 4.79 Å². The van der Waals surface area contributed by atoms with E-state index in [0.717, 1.165) is 22.9 Å². The molecule has 0 bridgehead atoms. The van der Waals surface area contributed by atoms with Crippen molar-refractivity contribution in [1.29, 1.82) is 0 Å². The number of fused-ring (bicyclic) bond motifs is 1. The molecule has 1 N–H and O–H groups in total. The monoisotopic (exact) mass is 279 g/mol. The number of amides is 1. The van der Waals surface area contributed by atoms with Gasteiger partial charge in [0.25, 0.3) is 5.91 Å². The number of halogens is 1. The molecule has 0 aliphatic heterocycles. The van der Waals surface area contributed by atoms with Gasteiger partial charge in [-0.1, -0.05) is 42.6 Å². The van der Waals surface area contributed by atoms with Crippen LogP contribution in [0.4, 0.5) is 0 Å². The molecule has 1 heterocycles. The molecular formula is C14H14ClNOS. The molecule has 2 aromatic rings. The Hall–Kier alpha value is -1.06. The molecule has 0 saturated heterocycles. The average Bonchev–Trinajstić information content (AvgIpc) is 2.98. The Labute approximate surface area is 115 Å². The first-order valence-electron chi connectivity index (χ1n) is 6.23. The van der Waals surface area contributed by atoms with E-state index in [1.165, 1.54) is 24.2 Å². The van der Waals surface area contributed by atoms with E-state index in [2.05, 4.69) is 5.32 Å². The fourth-order valence-electron chi connectivity index (χ4n) is 2.48. The lowest BCUT2D eigenvalue weighted by Crippen LogP contribution is -2.32. The maximum Gasteiger partial charge on any atom is 0.263 e. The summed E-state index contributed by atoms with van der Waals surface area (Å²) in [5, 5.41) is 4.65. The highest BCUT2D eigenvalue weighted by Gasteiger charge is 2.21. The van der Waals surface area contributed by atoms with E-state index in [1.807, 2.05) is 24.3 Å². The molecule has 1 amide bonds. The smallest absolute Gasteiger partial charge is 0.263 e. The van der Waals surface area contributed by atoms with Gasteiger partial charge in [0.1, 0.15) is 4.88 Å². The van der Waals surface area contributed by atoms with Gasteiger partial charge in [-0.15, -0.1) is 11.3 Å². The summed E-state index contributed by atoms with van der Waals surface area (Å²) in [6, 6.07) is 8.20. The zero-order valence-electron chi connectivity index (χ0n) is 9.91. The number of carbonyl (C=O) groups is 1. The summed E-state index contributed by atoms with van der Waals surface area (Å²) in [6.07, 6.45) is 4.61. The third-order valence-electron chi connectivity index (χ3n) is 3.43. The van der Waals surface area contributed by atoms with Crippen LogP contribution >= 0.6 is 22.9 Å². The minimum Gasteiger partial charge on any atom is -0.349 e. The molecule has 1 aromatic heterocycles. The minimum absolute atomic E-state index is 0.0203. The first-order chi connectivity index (χ1) is 8.75. The van der Waals surface area contributed by atoms with E-state index in [1.54, 1.807) is 0 Å². The van der Waals surface area contributed by atoms with Crippen LogP contribution in [0.3, 0.4) is 0 Å². The summed E-state index contributed by atoms with van der Waals surface area (Å²) in [5.41, 5.74) is 0. The van der Waals surface area contributed by atoms with Crippen molar-refractivity contribution in [3.8, 4) is 0 Å². The zero-order chi connectivity index (χ0) is 12.5. The molecular weight excluding hydrogens is 266 g/mol. The van der Waals surface area contributed by atoms with Gasteiger partial charge in [-0.25, -0.2) is 0 Å². The van der Waals surface area contributed by atoms with Crippen molar-refractivity contribution in [2.75, 3.05) is 0 Å². The first kappa shape index (κ1) is 12.0. The standard InChI is InChI=1S/C14H14ClNOS/c15-12-10-7-3-4-8-11(10)18-13(12)14(17)16-9-5-1-2-6-9/h3-4,7-9H,1-2,5-6H2,(H,16,17). The molecule has 2 nitrogen and oxygen atoms in total. The Morgan fingerprint density at radius 3 is 2.72 bits per heavy atom. The molecule has 4 heteroatoms. The third kappa shape index (κ3) is 2.13. The fourth-order valence-corrected chi connectivity index (χ4v) is 3.90. The maximum absolute atomic E-state index is 12.2. The maximum atomic E-state index is 12.2. The van der Waals surface area contributed by atoms with Gasteiger partial charge in [-0.3, -0.25) is 4.79 Å². The van der Waals surface area contributed by atoms with Crippen LogP contribution in [0.2, 0.25) is 5.02 Å². The number of hydrogen-bond acceptors (Lipinski definition) is 2. The lowest BCUT2D eigenvalue weighted by Gasteiger charge is -2.10. The highest BCUT2D eigenvalue weighted by Crippen LogP contribution is 2.35. The Morgan fingerprint density at radius 1 is 1.28 bits per heavy atom. The van der Waals surface area contributed by atoms with Gasteiger partial charge in [0.2, 0.25) is 0 Å². The van der Waals surface area contributed by atoms with Crippen LogP contribution < -0.4 is 5.32 Å². The summed E-state index contributed by atoms with van der Waals surface area (Å²) in [7, 11) is 0. The number of carbonyl (C=O) groups excluding carboxylic acids is 1. The second kappa shape index (κ2) is 4.90. The van der Waals surface area contributed by atoms with Gasteiger partial charge < -0.3 is 5.32 Å². The summed E-state index contributed by atoms with van der Waals surface area (Å²) in [6.45, 7) is 0. The van der Waals surface area contributed by atoms with Gasteiger partial charge in [-0.2, -0.15) is 0 Å². The molecule has 0 radical (unpaired) electrons. The second-order valence-electron chi connectivity index (χ2n) is 4.70. The molecule has 0 atom stereocenters. The van der Waals surface area contributed by atoms with E-state index in [4.69, 9.17) is 11.6 Å². The number of nitrogens with one attached hydrogen (secondary N) is 1. The molecule has 0 unspecified atom stereocenters. The molecule has 94 valence electrons. The molecule has 1 saturated carbocycles. The largest absolute Gasteiger partial charge is 0.349 e. The molecule has 1 aliphatic carbocycles. The van der Waals surface area contributed by atoms with Crippen LogP contribution in [0.1, 0.15) is 35.4 Å². The summed E-state index contributed by atoms with van der Waals surface area (Å²) in [5.74, 6) is -0.0203. The number of rotatable bonds is 2. The Kier molecular flexibility index (Phi) is 3.27. The molecule has 0 spiro atoms. The normalized spacial score (nSPS) is 16.3. The van der Waals surface area contributed by atoms with Gasteiger partial charge in [0, 0.05) is 16.1 Å². The van der Waals surface area contributed by atoms with Crippen molar-refractivity contribution >= 4 is 38.9 Å². The second-order valence-corrected chi connectivity index (χ2v) is 6.13. The fraction of sp³-hybridized carbons (Fsp3) is 0.357. The minimum atomic E-state index is -0.0203. The Bertz CT molecular complexity index is 586. The number of benzene rings is 1. The van der Waals surface area contributed by atoms with E-state index in [0.29, 0.717) is 15.9 Å². The van der Waals surface area contributed by atoms with E-state index in [-0.39, 0.29) is 5.91 Å². The number of thiophene rings is 1. The summed E-state index contributed by atoms with van der Waals surface area (Å²) < 4.78 is 1.07. The van der Waals surface area contributed by atoms with Crippen molar-refractivity contribution in [3.05, 3.63) is 34.2 Å². The highest BCUT2D eigenvalue weighted by molar-refractivity contribution is 7.21. The van der Waals surface area contributed by atoms with Crippen LogP contribution in [0, 0.1) is 0 Å². The Morgan fingerprint density at radius 2 is 2.00 bits per heavy atom. The SMILES string of the molecule is O=C(NC1CCCC1)c1sc2ccccc2c1Cl. The van der Waals surface area contributed by atoms with Crippen LogP contribution in [-0.2, 0) is 0 Å². The van der Waals surface area contributed by atoms with Crippen molar-refractivity contribution in [2.24, 2.45) is 0 Å². The van der Waals surface area contributed by atoms with Crippen LogP contribution in [0.25, 0.3) is 10.1 Å². The lowest BCUT2D eigenvalue weighted by molar-refractivity contribution is 0.0942. The lowest BCUT2D eigenvalue weighted by atomic mass is 10.2. The van der Waals surface area contributed by atoms with Gasteiger partial charge in [0.05, 0.1) is 5.02 Å². The van der Waals surface area contributed by atoms with E-state index < -0.39 is 0 Å². The predicted octanol–water partition coefficient (Wildman–Crippen LogP) is 4.23. The highest BCUT2D eigenvalue weighted by atomic mass is 35.5. The zero-order valence-corrected chi connectivity index (χ0v) is 11.5. The van der Waals surface area contributed by atoms with Crippen LogP contribution in [0.15, 0.2) is 24.3 Å². The first-order valence-corrected chi connectivity index (χ1v) is 7.43. The summed E-state index contributed by atoms with van der Waals surface area (Å²) in [4.78, 5) is 12.8. The van der Waals surface area contributed by atoms with Gasteiger partial charge >= 0.3 is 0 Å². The molecule has 1 aliphatic rings. The molecule has 18 heavy (non-hydrogen) atoms.